The van der Waals surface area contributed by atoms with E-state index in [-0.39, 0.29) is 5.92 Å². The van der Waals surface area contributed by atoms with Gasteiger partial charge in [0.25, 0.3) is 0 Å². The third-order valence-corrected chi connectivity index (χ3v) is 2.52. The zero-order valence-corrected chi connectivity index (χ0v) is 7.46. The van der Waals surface area contributed by atoms with Crippen LogP contribution in [0.1, 0.15) is 20.8 Å². The van der Waals surface area contributed by atoms with Crippen LogP contribution in [0.2, 0.25) is 0 Å². The van der Waals surface area contributed by atoms with Crippen LogP contribution in [-0.2, 0) is 14.3 Å². The average Bonchev–Trinajstić information content (AvgIpc) is 2.02. The number of ether oxygens (including phenoxy) is 1. The molecule has 4 nitrogen and oxygen atoms in total. The van der Waals surface area contributed by atoms with Gasteiger partial charge in [-0.3, -0.25) is 9.59 Å². The number of primary amides is 1. The fraction of sp³-hybridized carbons (Fsp3) is 0.750. The van der Waals surface area contributed by atoms with Crippen molar-refractivity contribution in [2.75, 3.05) is 0 Å². The normalized spacial score (nSPS) is 33.1. The van der Waals surface area contributed by atoms with E-state index in [0.717, 1.165) is 0 Å². The van der Waals surface area contributed by atoms with Crippen molar-refractivity contribution in [1.29, 1.82) is 0 Å². The predicted molar refractivity (Wildman–Crippen MR) is 42.0 cm³/mol. The Balaban J connectivity index is 2.92. The smallest absolute Gasteiger partial charge is 0.319 e. The van der Waals surface area contributed by atoms with E-state index in [4.69, 9.17) is 10.5 Å². The van der Waals surface area contributed by atoms with E-state index >= 15 is 0 Å². The molecule has 1 rings (SSSR count). The van der Waals surface area contributed by atoms with Crippen molar-refractivity contribution in [2.45, 2.75) is 26.4 Å². The fourth-order valence-corrected chi connectivity index (χ4v) is 1.38. The number of nitrogens with two attached hydrogens (primary N) is 1. The molecule has 0 radical (unpaired) electrons. The Labute approximate surface area is 71.1 Å². The third-order valence-electron chi connectivity index (χ3n) is 2.52. The highest BCUT2D eigenvalue weighted by atomic mass is 16.6. The molecule has 1 amide bonds. The van der Waals surface area contributed by atoms with Gasteiger partial charge in [-0.05, 0) is 13.8 Å². The van der Waals surface area contributed by atoms with Crippen LogP contribution >= 0.6 is 0 Å². The van der Waals surface area contributed by atoms with Crippen LogP contribution in [0.3, 0.4) is 0 Å². The molecule has 1 aliphatic rings. The minimum Gasteiger partial charge on any atom is -0.459 e. The van der Waals surface area contributed by atoms with Crippen molar-refractivity contribution < 1.29 is 14.3 Å². The van der Waals surface area contributed by atoms with E-state index in [1.165, 1.54) is 0 Å². The molecule has 12 heavy (non-hydrogen) atoms. The highest BCUT2D eigenvalue weighted by Crippen LogP contribution is 2.36. The zero-order valence-electron chi connectivity index (χ0n) is 7.46. The first-order chi connectivity index (χ1) is 5.36. The SMILES string of the molecule is CC1C(C(N)=O)C(=O)OC1(C)C. The predicted octanol–water partition coefficient (Wildman–Crippen LogP) is 0.0594. The summed E-state index contributed by atoms with van der Waals surface area (Å²) in [6.45, 7) is 5.34. The number of carbonyl (C=O) groups excluding carboxylic acids is 2. The summed E-state index contributed by atoms with van der Waals surface area (Å²) in [5, 5.41) is 0. The van der Waals surface area contributed by atoms with E-state index < -0.39 is 23.4 Å². The zero-order chi connectivity index (χ0) is 9.52. The summed E-state index contributed by atoms with van der Waals surface area (Å²) in [5.41, 5.74) is 4.49. The van der Waals surface area contributed by atoms with Crippen LogP contribution in [0.5, 0.6) is 0 Å². The largest absolute Gasteiger partial charge is 0.459 e. The molecule has 0 spiro atoms. The maximum atomic E-state index is 11.1. The molecule has 1 fully saturated rings. The lowest BCUT2D eigenvalue weighted by molar-refractivity contribution is -0.150. The Hall–Kier alpha value is -1.06. The molecule has 2 atom stereocenters. The summed E-state index contributed by atoms with van der Waals surface area (Å²) in [7, 11) is 0. The first-order valence-electron chi connectivity index (χ1n) is 3.88. The number of cyclic esters (lactones) is 1. The van der Waals surface area contributed by atoms with Crippen molar-refractivity contribution in [3.63, 3.8) is 0 Å². The quantitative estimate of drug-likeness (QED) is 0.448. The second-order valence-electron chi connectivity index (χ2n) is 3.69. The van der Waals surface area contributed by atoms with Crippen LogP contribution in [0.15, 0.2) is 0 Å². The lowest BCUT2D eigenvalue weighted by atomic mass is 9.84. The fourth-order valence-electron chi connectivity index (χ4n) is 1.38. The van der Waals surface area contributed by atoms with E-state index in [2.05, 4.69) is 0 Å². The van der Waals surface area contributed by atoms with Crippen molar-refractivity contribution in [3.8, 4) is 0 Å². The van der Waals surface area contributed by atoms with Gasteiger partial charge < -0.3 is 10.5 Å². The van der Waals surface area contributed by atoms with Gasteiger partial charge in [0.1, 0.15) is 11.5 Å². The third kappa shape index (κ3) is 1.17. The van der Waals surface area contributed by atoms with Gasteiger partial charge in [-0.1, -0.05) is 6.92 Å². The van der Waals surface area contributed by atoms with Crippen LogP contribution in [0.25, 0.3) is 0 Å². The highest BCUT2D eigenvalue weighted by Gasteiger charge is 2.49. The van der Waals surface area contributed by atoms with Gasteiger partial charge in [-0.15, -0.1) is 0 Å². The first kappa shape index (κ1) is 9.03. The van der Waals surface area contributed by atoms with Gasteiger partial charge in [0.2, 0.25) is 5.91 Å². The van der Waals surface area contributed by atoms with Crippen molar-refractivity contribution in [2.24, 2.45) is 17.6 Å². The van der Waals surface area contributed by atoms with Gasteiger partial charge in [0.15, 0.2) is 0 Å². The standard InChI is InChI=1S/C8H13NO3/c1-4-5(6(9)10)7(11)12-8(4,2)3/h4-5H,1-3H3,(H2,9,10). The van der Waals surface area contributed by atoms with Crippen LogP contribution in [0, 0.1) is 11.8 Å². The lowest BCUT2D eigenvalue weighted by Gasteiger charge is -2.21. The molecule has 0 saturated carbocycles. The van der Waals surface area contributed by atoms with Gasteiger partial charge in [-0.25, -0.2) is 0 Å². The van der Waals surface area contributed by atoms with Gasteiger partial charge >= 0.3 is 5.97 Å². The highest BCUT2D eigenvalue weighted by molar-refractivity contribution is 5.98. The Morgan fingerprint density at radius 2 is 2.08 bits per heavy atom. The second kappa shape index (κ2) is 2.47. The number of amides is 1. The monoisotopic (exact) mass is 171 g/mol. The second-order valence-corrected chi connectivity index (χ2v) is 3.69. The minimum atomic E-state index is -0.778. The summed E-state index contributed by atoms with van der Waals surface area (Å²) in [6.07, 6.45) is 0. The first-order valence-corrected chi connectivity index (χ1v) is 3.88. The topological polar surface area (TPSA) is 69.4 Å². The molecule has 0 aromatic heterocycles. The summed E-state index contributed by atoms with van der Waals surface area (Å²) in [6, 6.07) is 0. The van der Waals surface area contributed by atoms with Gasteiger partial charge in [0.05, 0.1) is 0 Å². The summed E-state index contributed by atoms with van der Waals surface area (Å²) in [5.74, 6) is -2.03. The molecule has 1 aliphatic heterocycles. The van der Waals surface area contributed by atoms with Gasteiger partial charge in [0, 0.05) is 5.92 Å². The Morgan fingerprint density at radius 3 is 2.25 bits per heavy atom. The molecule has 1 heterocycles. The Bertz CT molecular complexity index is 234. The van der Waals surface area contributed by atoms with Gasteiger partial charge in [-0.2, -0.15) is 0 Å². The Morgan fingerprint density at radius 1 is 1.58 bits per heavy atom. The van der Waals surface area contributed by atoms with E-state index in [9.17, 15) is 9.59 Å². The van der Waals surface area contributed by atoms with Crippen molar-refractivity contribution in [1.82, 2.24) is 0 Å². The molecular formula is C8H13NO3. The Kier molecular flexibility index (Phi) is 1.86. The number of carbonyl (C=O) groups is 2. The molecule has 0 bridgehead atoms. The average molecular weight is 171 g/mol. The molecule has 0 aromatic carbocycles. The van der Waals surface area contributed by atoms with E-state index in [1.807, 2.05) is 0 Å². The lowest BCUT2D eigenvalue weighted by Crippen LogP contribution is -2.34. The van der Waals surface area contributed by atoms with Crippen molar-refractivity contribution in [3.05, 3.63) is 0 Å². The molecule has 4 heteroatoms. The van der Waals surface area contributed by atoms with Crippen LogP contribution < -0.4 is 5.73 Å². The molecule has 0 aromatic rings. The molecule has 2 N–H and O–H groups in total. The van der Waals surface area contributed by atoms with Crippen LogP contribution in [0.4, 0.5) is 0 Å². The summed E-state index contributed by atoms with van der Waals surface area (Å²) >= 11 is 0. The molecule has 68 valence electrons. The molecule has 0 aliphatic carbocycles. The maximum Gasteiger partial charge on any atom is 0.319 e. The number of rotatable bonds is 1. The molecular weight excluding hydrogens is 158 g/mol. The number of hydrogen-bond donors (Lipinski definition) is 1. The summed E-state index contributed by atoms with van der Waals surface area (Å²) < 4.78 is 5.00. The molecule has 1 saturated heterocycles. The molecule has 2 unspecified atom stereocenters. The maximum absolute atomic E-state index is 11.1. The number of esters is 1. The van der Waals surface area contributed by atoms with Crippen molar-refractivity contribution >= 4 is 11.9 Å². The minimum absolute atomic E-state index is 0.150. The summed E-state index contributed by atoms with van der Waals surface area (Å²) in [4.78, 5) is 22.0. The number of hydrogen-bond acceptors (Lipinski definition) is 3. The van der Waals surface area contributed by atoms with Crippen LogP contribution in [-0.4, -0.2) is 17.5 Å². The van der Waals surface area contributed by atoms with E-state index in [0.29, 0.717) is 0 Å². The van der Waals surface area contributed by atoms with E-state index in [1.54, 1.807) is 20.8 Å².